The molecule has 4 amide bonds. The minimum Gasteiger partial charge on any atom is -0.406 e. The lowest BCUT2D eigenvalue weighted by atomic mass is 9.88. The van der Waals surface area contributed by atoms with Crippen molar-refractivity contribution < 1.29 is 31.9 Å². The van der Waals surface area contributed by atoms with Crippen LogP contribution in [0.5, 0.6) is 5.75 Å². The number of ether oxygens (including phenoxy) is 1. The summed E-state index contributed by atoms with van der Waals surface area (Å²) in [7, 11) is 1.51. The number of nitrogens with zero attached hydrogens (tertiary/aromatic N) is 2. The molecule has 1 aliphatic heterocycles. The Balaban J connectivity index is 1.49. The molecule has 2 aliphatic rings. The van der Waals surface area contributed by atoms with Crippen LogP contribution in [0.25, 0.3) is 0 Å². The molecular formula is C24H27F4N5O4. The smallest absolute Gasteiger partial charge is 0.406 e. The molecule has 0 spiro atoms. The monoisotopic (exact) mass is 525 g/mol. The van der Waals surface area contributed by atoms with Crippen molar-refractivity contribution in [2.24, 2.45) is 0 Å². The van der Waals surface area contributed by atoms with Gasteiger partial charge in [0, 0.05) is 62.5 Å². The van der Waals surface area contributed by atoms with E-state index in [1.54, 1.807) is 15.9 Å². The number of hydrogen-bond acceptors (Lipinski definition) is 4. The minimum absolute atomic E-state index is 0.00404. The van der Waals surface area contributed by atoms with E-state index in [0.29, 0.717) is 19.0 Å². The lowest BCUT2D eigenvalue weighted by Crippen LogP contribution is -2.57. The van der Waals surface area contributed by atoms with Crippen molar-refractivity contribution in [3.8, 4) is 5.75 Å². The van der Waals surface area contributed by atoms with E-state index < -0.39 is 24.0 Å². The van der Waals surface area contributed by atoms with Gasteiger partial charge in [-0.3, -0.25) is 4.79 Å². The third-order valence-electron chi connectivity index (χ3n) is 6.46. The second-order valence-electron chi connectivity index (χ2n) is 9.13. The predicted octanol–water partition coefficient (Wildman–Crippen LogP) is 3.28. The Hall–Kier alpha value is -3.77. The molecule has 37 heavy (non-hydrogen) atoms. The number of carbonyl (C=O) groups excluding carboxylic acids is 2. The topological polar surface area (TPSA) is 107 Å². The van der Waals surface area contributed by atoms with Gasteiger partial charge < -0.3 is 30.2 Å². The second kappa shape index (κ2) is 10.7. The number of pyridine rings is 1. The number of carbonyl (C=O) groups is 2. The highest BCUT2D eigenvalue weighted by atomic mass is 19.4. The predicted molar refractivity (Wildman–Crippen MR) is 124 cm³/mol. The number of amides is 4. The quantitative estimate of drug-likeness (QED) is 0.504. The minimum atomic E-state index is -4.94. The molecule has 200 valence electrons. The molecule has 13 heteroatoms. The van der Waals surface area contributed by atoms with Crippen LogP contribution in [0.1, 0.15) is 36.3 Å². The fraction of sp³-hybridized carbons (Fsp3) is 0.458. The summed E-state index contributed by atoms with van der Waals surface area (Å²) in [6.07, 6.45) is -1.34. The Labute approximate surface area is 209 Å². The van der Waals surface area contributed by atoms with Crippen molar-refractivity contribution >= 4 is 12.1 Å². The van der Waals surface area contributed by atoms with Crippen LogP contribution in [0.4, 0.5) is 27.2 Å². The van der Waals surface area contributed by atoms with Crippen molar-refractivity contribution in [2.45, 2.75) is 50.2 Å². The standard InChI is InChI=1S/C24H27F4N5O4/c1-29-22(35)32-12-16(14-6-7-30-21(34)9-14)8-18(13-32)33(17-3-4-17)23(36)31-11-15-2-5-19(10-20(15)25)37-24(26,27)28/h2,5-7,9-10,16-18H,3-4,8,11-13H2,1H3,(H,29,35)(H,30,34)(H,31,36)/t16?,18-/m1/s1. The van der Waals surface area contributed by atoms with Crippen LogP contribution >= 0.6 is 0 Å². The number of piperidine rings is 1. The van der Waals surface area contributed by atoms with Gasteiger partial charge in [0.1, 0.15) is 11.6 Å². The second-order valence-corrected chi connectivity index (χ2v) is 9.13. The van der Waals surface area contributed by atoms with Gasteiger partial charge in [0.05, 0.1) is 6.04 Å². The summed E-state index contributed by atoms with van der Waals surface area (Å²) in [5.74, 6) is -1.83. The van der Waals surface area contributed by atoms with Gasteiger partial charge in [-0.1, -0.05) is 6.07 Å². The highest BCUT2D eigenvalue weighted by Gasteiger charge is 2.42. The number of alkyl halides is 3. The molecule has 1 aliphatic carbocycles. The van der Waals surface area contributed by atoms with E-state index in [1.807, 2.05) is 0 Å². The third kappa shape index (κ3) is 6.71. The van der Waals surface area contributed by atoms with Gasteiger partial charge in [0.25, 0.3) is 0 Å². The summed E-state index contributed by atoms with van der Waals surface area (Å²) in [6.45, 7) is 0.405. The SMILES string of the molecule is CNC(=O)N1CC(c2cc[nH]c(=O)c2)C[C@@H](N(C(=O)NCc2ccc(OC(F)(F)F)cc2F)C2CC2)C1. The van der Waals surface area contributed by atoms with E-state index in [4.69, 9.17) is 0 Å². The Morgan fingerprint density at radius 2 is 1.92 bits per heavy atom. The zero-order valence-corrected chi connectivity index (χ0v) is 20.0. The molecule has 0 radical (unpaired) electrons. The fourth-order valence-electron chi connectivity index (χ4n) is 4.67. The number of nitrogens with one attached hydrogen (secondary N) is 3. The van der Waals surface area contributed by atoms with E-state index in [9.17, 15) is 31.9 Å². The highest BCUT2D eigenvalue weighted by molar-refractivity contribution is 5.76. The average molecular weight is 526 g/mol. The molecule has 2 heterocycles. The fourth-order valence-corrected chi connectivity index (χ4v) is 4.67. The first-order valence-electron chi connectivity index (χ1n) is 11.8. The van der Waals surface area contributed by atoms with Crippen molar-refractivity contribution in [3.63, 3.8) is 0 Å². The van der Waals surface area contributed by atoms with Crippen LogP contribution in [-0.2, 0) is 6.54 Å². The molecular weight excluding hydrogens is 498 g/mol. The maximum atomic E-state index is 14.4. The van der Waals surface area contributed by atoms with E-state index in [1.165, 1.54) is 19.3 Å². The first-order valence-corrected chi connectivity index (χ1v) is 11.8. The van der Waals surface area contributed by atoms with Crippen LogP contribution in [0.2, 0.25) is 0 Å². The summed E-state index contributed by atoms with van der Waals surface area (Å²) >= 11 is 0. The Morgan fingerprint density at radius 1 is 1.16 bits per heavy atom. The molecule has 9 nitrogen and oxygen atoms in total. The number of halogens is 4. The van der Waals surface area contributed by atoms with Gasteiger partial charge in [-0.2, -0.15) is 0 Å². The van der Waals surface area contributed by atoms with E-state index >= 15 is 0 Å². The number of aromatic amines is 1. The van der Waals surface area contributed by atoms with Crippen LogP contribution in [0, 0.1) is 5.82 Å². The zero-order chi connectivity index (χ0) is 26.7. The van der Waals surface area contributed by atoms with Gasteiger partial charge in [-0.15, -0.1) is 13.2 Å². The highest BCUT2D eigenvalue weighted by Crippen LogP contribution is 2.35. The van der Waals surface area contributed by atoms with Gasteiger partial charge in [0.2, 0.25) is 5.56 Å². The van der Waals surface area contributed by atoms with E-state index in [-0.39, 0.29) is 48.2 Å². The summed E-state index contributed by atoms with van der Waals surface area (Å²) < 4.78 is 55.2. The van der Waals surface area contributed by atoms with Gasteiger partial charge in [0.15, 0.2) is 0 Å². The molecule has 4 rings (SSSR count). The largest absolute Gasteiger partial charge is 0.573 e. The van der Waals surface area contributed by atoms with Crippen molar-refractivity contribution in [1.82, 2.24) is 25.4 Å². The van der Waals surface area contributed by atoms with Gasteiger partial charge in [-0.05, 0) is 37.0 Å². The normalized spacial score (nSPS) is 19.8. The number of likely N-dealkylation sites (tertiary alicyclic amines) is 1. The molecule has 1 saturated heterocycles. The summed E-state index contributed by atoms with van der Waals surface area (Å²) in [5.41, 5.74) is 0.481. The van der Waals surface area contributed by atoms with Crippen molar-refractivity contribution in [3.05, 3.63) is 63.8 Å². The lowest BCUT2D eigenvalue weighted by Gasteiger charge is -2.43. The third-order valence-corrected chi connectivity index (χ3v) is 6.46. The number of urea groups is 2. The summed E-state index contributed by atoms with van der Waals surface area (Å²) in [4.78, 5) is 43.4. The van der Waals surface area contributed by atoms with Crippen LogP contribution in [0.3, 0.4) is 0 Å². The van der Waals surface area contributed by atoms with Crippen LogP contribution < -0.4 is 20.9 Å². The van der Waals surface area contributed by atoms with Gasteiger partial charge >= 0.3 is 18.4 Å². The van der Waals surface area contributed by atoms with E-state index in [0.717, 1.165) is 30.5 Å². The number of hydrogen-bond donors (Lipinski definition) is 3. The maximum Gasteiger partial charge on any atom is 0.573 e. The number of aromatic nitrogens is 1. The Bertz CT molecular complexity index is 1200. The van der Waals surface area contributed by atoms with Crippen LogP contribution in [0.15, 0.2) is 41.3 Å². The lowest BCUT2D eigenvalue weighted by molar-refractivity contribution is -0.274. The number of rotatable bonds is 6. The Kier molecular flexibility index (Phi) is 7.60. The molecule has 2 atom stereocenters. The molecule has 1 saturated carbocycles. The average Bonchev–Trinajstić information content (AvgIpc) is 3.67. The maximum absolute atomic E-state index is 14.4. The van der Waals surface area contributed by atoms with Crippen molar-refractivity contribution in [1.29, 1.82) is 0 Å². The molecule has 1 unspecified atom stereocenters. The number of benzene rings is 1. The number of H-pyrrole nitrogens is 1. The molecule has 2 fully saturated rings. The summed E-state index contributed by atoms with van der Waals surface area (Å²) in [5, 5.41) is 5.26. The zero-order valence-electron chi connectivity index (χ0n) is 20.0. The Morgan fingerprint density at radius 3 is 2.54 bits per heavy atom. The molecule has 1 aromatic carbocycles. The molecule has 2 aromatic rings. The molecule has 3 N–H and O–H groups in total. The van der Waals surface area contributed by atoms with E-state index in [2.05, 4.69) is 20.4 Å². The summed E-state index contributed by atoms with van der Waals surface area (Å²) in [6, 6.07) is 4.77. The van der Waals surface area contributed by atoms with Crippen molar-refractivity contribution in [2.75, 3.05) is 20.1 Å². The molecule has 0 bridgehead atoms. The molecule has 1 aromatic heterocycles. The first-order chi connectivity index (χ1) is 17.5. The van der Waals surface area contributed by atoms with Crippen LogP contribution in [-0.4, -0.2) is 65.4 Å². The first kappa shape index (κ1) is 26.3. The van der Waals surface area contributed by atoms with Gasteiger partial charge in [-0.25, -0.2) is 14.0 Å².